The van der Waals surface area contributed by atoms with Crippen molar-refractivity contribution in [1.82, 2.24) is 24.9 Å². The first-order valence-corrected chi connectivity index (χ1v) is 9.08. The van der Waals surface area contributed by atoms with Crippen molar-refractivity contribution in [2.24, 2.45) is 4.99 Å². The second-order valence-electron chi connectivity index (χ2n) is 6.51. The zero-order chi connectivity index (χ0) is 18.1. The average Bonchev–Trinajstić information content (AvgIpc) is 2.55. The van der Waals surface area contributed by atoms with Gasteiger partial charge in [-0.3, -0.25) is 14.7 Å². The number of aliphatic imine (C=N–C) groups is 1. The molecule has 0 spiro atoms. The monoisotopic (exact) mass is 340 g/mol. The van der Waals surface area contributed by atoms with E-state index in [1.165, 1.54) is 0 Å². The zero-order valence-electron chi connectivity index (χ0n) is 16.4. The van der Waals surface area contributed by atoms with Crippen LogP contribution in [0.5, 0.6) is 0 Å². The molecular weight excluding hydrogens is 304 g/mol. The molecule has 0 aliphatic carbocycles. The van der Waals surface area contributed by atoms with Gasteiger partial charge in [0.2, 0.25) is 5.91 Å². The van der Waals surface area contributed by atoms with Crippen molar-refractivity contribution in [3.8, 4) is 0 Å². The summed E-state index contributed by atoms with van der Waals surface area (Å²) in [6, 6.07) is 0.421. The van der Waals surface area contributed by atoms with E-state index >= 15 is 0 Å². The smallest absolute Gasteiger partial charge is 0.242 e. The Kier molecular flexibility index (Phi) is 9.07. The van der Waals surface area contributed by atoms with E-state index in [2.05, 4.69) is 36.1 Å². The van der Waals surface area contributed by atoms with Gasteiger partial charge in [0.25, 0.3) is 0 Å². The second-order valence-corrected chi connectivity index (χ2v) is 6.51. The van der Waals surface area contributed by atoms with E-state index in [0.29, 0.717) is 12.6 Å². The van der Waals surface area contributed by atoms with Crippen molar-refractivity contribution in [1.29, 1.82) is 0 Å². The van der Waals surface area contributed by atoms with Gasteiger partial charge >= 0.3 is 0 Å². The Balaban J connectivity index is 2.68. The number of hydrogen-bond acceptors (Lipinski definition) is 4. The number of carbonyl (C=O) groups excluding carboxylic acids is 1. The second kappa shape index (κ2) is 10.5. The lowest BCUT2D eigenvalue weighted by Crippen LogP contribution is -2.52. The van der Waals surface area contributed by atoms with Gasteiger partial charge in [-0.25, -0.2) is 0 Å². The molecule has 1 atom stereocenters. The van der Waals surface area contributed by atoms with Crippen LogP contribution >= 0.6 is 0 Å². The van der Waals surface area contributed by atoms with Crippen LogP contribution in [0.25, 0.3) is 0 Å². The molecule has 0 bridgehead atoms. The number of piperazine rings is 1. The number of likely N-dealkylation sites (N-methyl/N-ethyl adjacent to an activating group) is 4. The van der Waals surface area contributed by atoms with Crippen molar-refractivity contribution < 1.29 is 4.79 Å². The number of hydrogen-bond donors (Lipinski definition) is 1. The molecule has 1 N–H and O–H groups in total. The predicted molar refractivity (Wildman–Crippen MR) is 100 cm³/mol. The van der Waals surface area contributed by atoms with E-state index in [1.807, 2.05) is 30.7 Å². The summed E-state index contributed by atoms with van der Waals surface area (Å²) in [5.41, 5.74) is 0. The highest BCUT2D eigenvalue weighted by molar-refractivity contribution is 5.86. The van der Waals surface area contributed by atoms with Gasteiger partial charge < -0.3 is 20.0 Å². The standard InChI is InChI=1S/C17H36N6O/c1-7-18-17(22(6)14-16(24)23(8-2)9-3)19-12-15-13-20(4)10-11-21(15)5/h15H,7-14H2,1-6H3,(H,18,19). The van der Waals surface area contributed by atoms with Crippen molar-refractivity contribution in [3.05, 3.63) is 0 Å². The van der Waals surface area contributed by atoms with E-state index in [1.54, 1.807) is 0 Å². The third-order valence-corrected chi connectivity index (χ3v) is 4.62. The van der Waals surface area contributed by atoms with Crippen LogP contribution in [0.1, 0.15) is 20.8 Å². The molecule has 1 amide bonds. The molecule has 0 radical (unpaired) electrons. The highest BCUT2D eigenvalue weighted by Gasteiger charge is 2.22. The first-order chi connectivity index (χ1) is 11.4. The normalized spacial score (nSPS) is 20.1. The Hall–Kier alpha value is -1.34. The van der Waals surface area contributed by atoms with Crippen LogP contribution in [0, 0.1) is 0 Å². The van der Waals surface area contributed by atoms with E-state index in [4.69, 9.17) is 4.99 Å². The summed E-state index contributed by atoms with van der Waals surface area (Å²) in [5, 5.41) is 3.30. The van der Waals surface area contributed by atoms with E-state index < -0.39 is 0 Å². The number of carbonyl (C=O) groups is 1. The molecule has 1 aliphatic heterocycles. The quantitative estimate of drug-likeness (QED) is 0.522. The highest BCUT2D eigenvalue weighted by atomic mass is 16.2. The van der Waals surface area contributed by atoms with E-state index in [0.717, 1.165) is 51.8 Å². The first-order valence-electron chi connectivity index (χ1n) is 9.08. The van der Waals surface area contributed by atoms with Crippen LogP contribution in [0.2, 0.25) is 0 Å². The van der Waals surface area contributed by atoms with Gasteiger partial charge in [-0.2, -0.15) is 0 Å². The summed E-state index contributed by atoms with van der Waals surface area (Å²) >= 11 is 0. The Labute approximate surface area is 147 Å². The van der Waals surface area contributed by atoms with Crippen molar-refractivity contribution in [3.63, 3.8) is 0 Å². The van der Waals surface area contributed by atoms with Gasteiger partial charge in [-0.05, 0) is 34.9 Å². The molecule has 140 valence electrons. The van der Waals surface area contributed by atoms with Gasteiger partial charge in [0.05, 0.1) is 13.1 Å². The van der Waals surface area contributed by atoms with Gasteiger partial charge in [-0.15, -0.1) is 0 Å². The molecule has 1 rings (SSSR count). The molecule has 0 saturated carbocycles. The van der Waals surface area contributed by atoms with Crippen LogP contribution < -0.4 is 5.32 Å². The lowest BCUT2D eigenvalue weighted by molar-refractivity contribution is -0.131. The Morgan fingerprint density at radius 2 is 1.88 bits per heavy atom. The van der Waals surface area contributed by atoms with E-state index in [9.17, 15) is 4.79 Å². The minimum absolute atomic E-state index is 0.141. The summed E-state index contributed by atoms with van der Waals surface area (Å²) in [6.07, 6.45) is 0. The number of rotatable bonds is 7. The molecule has 1 heterocycles. The van der Waals surface area contributed by atoms with Crippen LogP contribution in [-0.2, 0) is 4.79 Å². The lowest BCUT2D eigenvalue weighted by Gasteiger charge is -2.37. The molecule has 1 unspecified atom stereocenters. The van der Waals surface area contributed by atoms with Crippen molar-refractivity contribution in [2.75, 3.05) is 73.5 Å². The van der Waals surface area contributed by atoms with Gasteiger partial charge in [-0.1, -0.05) is 0 Å². The Morgan fingerprint density at radius 1 is 1.21 bits per heavy atom. The zero-order valence-corrected chi connectivity index (χ0v) is 16.4. The van der Waals surface area contributed by atoms with Crippen molar-refractivity contribution >= 4 is 11.9 Å². The summed E-state index contributed by atoms with van der Waals surface area (Å²) < 4.78 is 0. The molecule has 0 aromatic carbocycles. The third-order valence-electron chi connectivity index (χ3n) is 4.62. The summed E-state index contributed by atoms with van der Waals surface area (Å²) in [5.74, 6) is 0.947. The van der Waals surface area contributed by atoms with Gasteiger partial charge in [0, 0.05) is 52.4 Å². The van der Waals surface area contributed by atoms with Gasteiger partial charge in [0.1, 0.15) is 0 Å². The molecule has 0 aromatic heterocycles. The van der Waals surface area contributed by atoms with E-state index in [-0.39, 0.29) is 5.91 Å². The Bertz CT molecular complexity index is 410. The molecule has 0 aromatic rings. The van der Waals surface area contributed by atoms with Crippen molar-refractivity contribution in [2.45, 2.75) is 26.8 Å². The summed E-state index contributed by atoms with van der Waals surface area (Å²) in [6.45, 7) is 12.7. The molecule has 1 aliphatic rings. The molecule has 1 fully saturated rings. The summed E-state index contributed by atoms with van der Waals surface area (Å²) in [4.78, 5) is 25.6. The molecule has 1 saturated heterocycles. The van der Waals surface area contributed by atoms with Crippen LogP contribution in [0.3, 0.4) is 0 Å². The molecule has 7 nitrogen and oxygen atoms in total. The number of guanidine groups is 1. The highest BCUT2D eigenvalue weighted by Crippen LogP contribution is 2.06. The molecule has 24 heavy (non-hydrogen) atoms. The van der Waals surface area contributed by atoms with Crippen LogP contribution in [0.4, 0.5) is 0 Å². The first kappa shape index (κ1) is 20.7. The molecular formula is C17H36N6O. The SMILES string of the molecule is CCNC(=NCC1CN(C)CCN1C)N(C)CC(=O)N(CC)CC. The Morgan fingerprint density at radius 3 is 2.46 bits per heavy atom. The number of nitrogens with zero attached hydrogens (tertiary/aromatic N) is 5. The van der Waals surface area contributed by atoms with Crippen LogP contribution in [-0.4, -0.2) is 111 Å². The maximum atomic E-state index is 12.3. The fraction of sp³-hybridized carbons (Fsp3) is 0.882. The topological polar surface area (TPSA) is 54.4 Å². The fourth-order valence-electron chi connectivity index (χ4n) is 2.91. The predicted octanol–water partition coefficient (Wildman–Crippen LogP) is -0.00210. The molecule has 7 heteroatoms. The fourth-order valence-corrected chi connectivity index (χ4v) is 2.91. The minimum Gasteiger partial charge on any atom is -0.357 e. The maximum absolute atomic E-state index is 12.3. The summed E-state index contributed by atoms with van der Waals surface area (Å²) in [7, 11) is 6.25. The number of nitrogens with one attached hydrogen (secondary N) is 1. The largest absolute Gasteiger partial charge is 0.357 e. The maximum Gasteiger partial charge on any atom is 0.242 e. The minimum atomic E-state index is 0.141. The van der Waals surface area contributed by atoms with Crippen LogP contribution in [0.15, 0.2) is 4.99 Å². The average molecular weight is 341 g/mol. The van der Waals surface area contributed by atoms with Gasteiger partial charge in [0.15, 0.2) is 5.96 Å². The number of amides is 1. The third kappa shape index (κ3) is 6.28. The lowest BCUT2D eigenvalue weighted by atomic mass is 10.2.